The van der Waals surface area contributed by atoms with E-state index in [2.05, 4.69) is 21.2 Å². The molecule has 108 valence electrons. The van der Waals surface area contributed by atoms with Crippen molar-refractivity contribution in [2.75, 3.05) is 19.6 Å². The van der Waals surface area contributed by atoms with Gasteiger partial charge in [0.25, 0.3) is 5.69 Å². The van der Waals surface area contributed by atoms with E-state index in [1.807, 2.05) is 4.90 Å². The first kappa shape index (κ1) is 14.9. The molecule has 0 spiro atoms. The van der Waals surface area contributed by atoms with E-state index in [1.165, 1.54) is 6.07 Å². The number of piperazine rings is 1. The molecule has 1 fully saturated rings. The summed E-state index contributed by atoms with van der Waals surface area (Å²) in [5, 5.41) is 23.1. The zero-order chi connectivity index (χ0) is 14.7. The minimum Gasteiger partial charge on any atom is -0.480 e. The maximum absolute atomic E-state index is 11.2. The molecule has 0 bridgehead atoms. The first-order valence-electron chi connectivity index (χ1n) is 6.09. The molecule has 1 aromatic rings. The summed E-state index contributed by atoms with van der Waals surface area (Å²) in [6.45, 7) is 2.07. The molecule has 7 nitrogen and oxygen atoms in total. The van der Waals surface area contributed by atoms with Crippen molar-refractivity contribution in [3.05, 3.63) is 38.3 Å². The second kappa shape index (κ2) is 6.29. The van der Waals surface area contributed by atoms with Crippen LogP contribution in [0.4, 0.5) is 5.69 Å². The summed E-state index contributed by atoms with van der Waals surface area (Å²) in [5.74, 6) is -0.885. The van der Waals surface area contributed by atoms with Crippen LogP contribution < -0.4 is 5.32 Å². The van der Waals surface area contributed by atoms with Gasteiger partial charge >= 0.3 is 5.97 Å². The molecule has 1 heterocycles. The van der Waals surface area contributed by atoms with Crippen LogP contribution in [0.5, 0.6) is 0 Å². The van der Waals surface area contributed by atoms with Crippen LogP contribution in [0.15, 0.2) is 22.7 Å². The molecule has 20 heavy (non-hydrogen) atoms. The molecule has 1 atom stereocenters. The van der Waals surface area contributed by atoms with Gasteiger partial charge in [-0.3, -0.25) is 19.8 Å². The number of nitrogens with zero attached hydrogens (tertiary/aromatic N) is 2. The second-order valence-electron chi connectivity index (χ2n) is 4.57. The number of nitro benzene ring substituents is 1. The predicted molar refractivity (Wildman–Crippen MR) is 75.5 cm³/mol. The van der Waals surface area contributed by atoms with Gasteiger partial charge in [0.2, 0.25) is 0 Å². The average molecular weight is 344 g/mol. The first-order valence-corrected chi connectivity index (χ1v) is 6.88. The Kier molecular flexibility index (Phi) is 4.69. The predicted octanol–water partition coefficient (Wildman–Crippen LogP) is 1.22. The fourth-order valence-corrected chi connectivity index (χ4v) is 2.60. The number of hydrogen-bond donors (Lipinski definition) is 2. The van der Waals surface area contributed by atoms with E-state index in [1.54, 1.807) is 12.1 Å². The summed E-state index contributed by atoms with van der Waals surface area (Å²) < 4.78 is 0.418. The lowest BCUT2D eigenvalue weighted by atomic mass is 10.1. The summed E-state index contributed by atoms with van der Waals surface area (Å²) in [5.41, 5.74) is 0.720. The smallest absolute Gasteiger partial charge is 0.322 e. The number of halogens is 1. The molecule has 0 aliphatic carbocycles. The fourth-order valence-electron chi connectivity index (χ4n) is 2.21. The van der Waals surface area contributed by atoms with Crippen LogP contribution in [-0.4, -0.2) is 46.6 Å². The Morgan fingerprint density at radius 1 is 1.60 bits per heavy atom. The van der Waals surface area contributed by atoms with E-state index in [4.69, 9.17) is 0 Å². The molecule has 2 rings (SSSR count). The van der Waals surface area contributed by atoms with Crippen molar-refractivity contribution in [2.24, 2.45) is 0 Å². The Labute approximate surface area is 123 Å². The molecule has 0 amide bonds. The number of nitrogens with one attached hydrogen (secondary N) is 1. The van der Waals surface area contributed by atoms with Crippen LogP contribution in [0.25, 0.3) is 0 Å². The SMILES string of the molecule is O=C(O)C1CNCCN1Cc1ccc(Br)c([N+](=O)[O-])c1. The fraction of sp³-hybridized carbons (Fsp3) is 0.417. The maximum atomic E-state index is 11.2. The standard InChI is InChI=1S/C12H14BrN3O4/c13-9-2-1-8(5-10(9)16(19)20)7-15-4-3-14-6-11(15)12(17)18/h1-2,5,11,14H,3-4,6-7H2,(H,17,18). The maximum Gasteiger partial charge on any atom is 0.322 e. The normalized spacial score (nSPS) is 19.8. The lowest BCUT2D eigenvalue weighted by Crippen LogP contribution is -2.54. The van der Waals surface area contributed by atoms with Crippen molar-refractivity contribution in [1.82, 2.24) is 10.2 Å². The van der Waals surface area contributed by atoms with Crippen molar-refractivity contribution in [3.63, 3.8) is 0 Å². The number of carbonyl (C=O) groups is 1. The van der Waals surface area contributed by atoms with Gasteiger partial charge in [0.1, 0.15) is 6.04 Å². The van der Waals surface area contributed by atoms with Crippen molar-refractivity contribution >= 4 is 27.6 Å². The number of nitro groups is 1. The Morgan fingerprint density at radius 3 is 3.00 bits per heavy atom. The highest BCUT2D eigenvalue weighted by molar-refractivity contribution is 9.10. The molecule has 0 aromatic heterocycles. The number of carboxylic acid groups (broad SMARTS) is 1. The van der Waals surface area contributed by atoms with Crippen LogP contribution in [0.2, 0.25) is 0 Å². The van der Waals surface area contributed by atoms with Gasteiger partial charge in [0.05, 0.1) is 9.40 Å². The molecule has 1 saturated heterocycles. The van der Waals surface area contributed by atoms with Gasteiger partial charge in [0.15, 0.2) is 0 Å². The number of aliphatic carboxylic acids is 1. The van der Waals surface area contributed by atoms with Crippen molar-refractivity contribution in [1.29, 1.82) is 0 Å². The molecule has 1 aliphatic rings. The molecule has 1 unspecified atom stereocenters. The van der Waals surface area contributed by atoms with Crippen molar-refractivity contribution < 1.29 is 14.8 Å². The van der Waals surface area contributed by atoms with Gasteiger partial charge in [0, 0.05) is 32.2 Å². The largest absolute Gasteiger partial charge is 0.480 e. The van der Waals surface area contributed by atoms with Crippen LogP contribution in [-0.2, 0) is 11.3 Å². The molecular weight excluding hydrogens is 330 g/mol. The quantitative estimate of drug-likeness (QED) is 0.630. The van der Waals surface area contributed by atoms with E-state index >= 15 is 0 Å². The molecule has 0 radical (unpaired) electrons. The van der Waals surface area contributed by atoms with Crippen LogP contribution in [0.1, 0.15) is 5.56 Å². The van der Waals surface area contributed by atoms with Gasteiger partial charge in [-0.25, -0.2) is 0 Å². The van der Waals surface area contributed by atoms with E-state index in [9.17, 15) is 20.0 Å². The summed E-state index contributed by atoms with van der Waals surface area (Å²) >= 11 is 3.13. The van der Waals surface area contributed by atoms with Crippen molar-refractivity contribution in [3.8, 4) is 0 Å². The summed E-state index contributed by atoms with van der Waals surface area (Å²) in [4.78, 5) is 23.4. The topological polar surface area (TPSA) is 95.7 Å². The Bertz CT molecular complexity index is 537. The second-order valence-corrected chi connectivity index (χ2v) is 5.43. The third kappa shape index (κ3) is 3.33. The van der Waals surface area contributed by atoms with Crippen LogP contribution >= 0.6 is 15.9 Å². The minimum absolute atomic E-state index is 0.00971. The Morgan fingerprint density at radius 2 is 2.35 bits per heavy atom. The van der Waals surface area contributed by atoms with Gasteiger partial charge in [-0.2, -0.15) is 0 Å². The lowest BCUT2D eigenvalue weighted by Gasteiger charge is -2.33. The highest BCUT2D eigenvalue weighted by Gasteiger charge is 2.28. The summed E-state index contributed by atoms with van der Waals surface area (Å²) in [7, 11) is 0. The highest BCUT2D eigenvalue weighted by Crippen LogP contribution is 2.26. The average Bonchev–Trinajstić information content (AvgIpc) is 2.41. The minimum atomic E-state index is -0.885. The zero-order valence-electron chi connectivity index (χ0n) is 10.6. The van der Waals surface area contributed by atoms with Crippen LogP contribution in [0.3, 0.4) is 0 Å². The van der Waals surface area contributed by atoms with E-state index < -0.39 is 16.9 Å². The molecule has 0 saturated carbocycles. The van der Waals surface area contributed by atoms with Crippen LogP contribution in [0, 0.1) is 10.1 Å². The first-order chi connectivity index (χ1) is 9.49. The van der Waals surface area contributed by atoms with E-state index in [-0.39, 0.29) is 5.69 Å². The zero-order valence-corrected chi connectivity index (χ0v) is 12.2. The third-order valence-electron chi connectivity index (χ3n) is 3.23. The van der Waals surface area contributed by atoms with Crippen molar-refractivity contribution in [2.45, 2.75) is 12.6 Å². The van der Waals surface area contributed by atoms with Gasteiger partial charge < -0.3 is 10.4 Å². The third-order valence-corrected chi connectivity index (χ3v) is 3.90. The highest BCUT2D eigenvalue weighted by atomic mass is 79.9. The Balaban J connectivity index is 2.18. The van der Waals surface area contributed by atoms with Gasteiger partial charge in [-0.05, 0) is 27.6 Å². The van der Waals surface area contributed by atoms with E-state index in [0.717, 1.165) is 5.56 Å². The lowest BCUT2D eigenvalue weighted by molar-refractivity contribution is -0.385. The number of hydrogen-bond acceptors (Lipinski definition) is 5. The number of carboxylic acids is 1. The molecule has 2 N–H and O–H groups in total. The Hall–Kier alpha value is -1.51. The summed E-state index contributed by atoms with van der Waals surface area (Å²) in [6, 6.07) is 4.25. The monoisotopic (exact) mass is 343 g/mol. The molecule has 1 aromatic carbocycles. The van der Waals surface area contributed by atoms with Gasteiger partial charge in [-0.1, -0.05) is 6.07 Å². The summed E-state index contributed by atoms with van der Waals surface area (Å²) in [6.07, 6.45) is 0. The van der Waals surface area contributed by atoms with E-state index in [0.29, 0.717) is 30.7 Å². The number of rotatable bonds is 4. The number of benzene rings is 1. The molecular formula is C12H14BrN3O4. The molecule has 8 heteroatoms. The van der Waals surface area contributed by atoms with Gasteiger partial charge in [-0.15, -0.1) is 0 Å². The molecule has 1 aliphatic heterocycles.